The van der Waals surface area contributed by atoms with Gasteiger partial charge in [-0.1, -0.05) is 6.07 Å². The maximum atomic E-state index is 10.1. The predicted octanol–water partition coefficient (Wildman–Crippen LogP) is 2.08. The second kappa shape index (κ2) is 9.12. The molecule has 0 saturated carbocycles. The minimum Gasteiger partial charge on any atom is -0.508 e. The zero-order valence-corrected chi connectivity index (χ0v) is 16.1. The van der Waals surface area contributed by atoms with E-state index in [0.717, 1.165) is 31.2 Å². The summed E-state index contributed by atoms with van der Waals surface area (Å²) in [4.78, 5) is 9.83. The number of phenolic OH excluding ortho intramolecular Hbond substituents is 1. The number of methoxy groups -OCH3 is 1. The zero-order chi connectivity index (χ0) is 18.4. The van der Waals surface area contributed by atoms with Crippen LogP contribution in [0.1, 0.15) is 31.7 Å². The third-order valence-electron chi connectivity index (χ3n) is 5.39. The highest BCUT2D eigenvalue weighted by Crippen LogP contribution is 2.24. The van der Waals surface area contributed by atoms with Crippen LogP contribution in [-0.2, 0) is 6.42 Å². The maximum Gasteiger partial charge on any atom is 0.193 e. The third-order valence-corrected chi connectivity index (χ3v) is 5.39. The Balaban J connectivity index is 1.57. The van der Waals surface area contributed by atoms with Gasteiger partial charge in [-0.15, -0.1) is 0 Å². The summed E-state index contributed by atoms with van der Waals surface area (Å²) in [5, 5.41) is 13.5. The van der Waals surface area contributed by atoms with Crippen molar-refractivity contribution in [2.24, 2.45) is 4.99 Å². The molecule has 2 aliphatic rings. The van der Waals surface area contributed by atoms with Gasteiger partial charge in [-0.2, -0.15) is 0 Å². The van der Waals surface area contributed by atoms with Crippen molar-refractivity contribution in [3.63, 3.8) is 0 Å². The van der Waals surface area contributed by atoms with Gasteiger partial charge in [0.15, 0.2) is 5.96 Å². The highest BCUT2D eigenvalue weighted by molar-refractivity contribution is 5.80. The minimum absolute atomic E-state index is 0.278. The summed E-state index contributed by atoms with van der Waals surface area (Å²) in [6, 6.07) is 6.12. The van der Waals surface area contributed by atoms with Gasteiger partial charge < -0.3 is 20.1 Å². The Labute approximate surface area is 156 Å². The van der Waals surface area contributed by atoms with Crippen LogP contribution < -0.4 is 10.1 Å². The molecule has 1 unspecified atom stereocenters. The lowest BCUT2D eigenvalue weighted by atomic mass is 10.1. The third kappa shape index (κ3) is 4.61. The molecule has 0 aromatic heterocycles. The lowest BCUT2D eigenvalue weighted by Crippen LogP contribution is -2.42. The van der Waals surface area contributed by atoms with Crippen molar-refractivity contribution in [1.29, 1.82) is 0 Å². The van der Waals surface area contributed by atoms with Crippen molar-refractivity contribution in [2.45, 2.75) is 38.6 Å². The molecule has 2 aliphatic heterocycles. The molecular weight excluding hydrogens is 328 g/mol. The van der Waals surface area contributed by atoms with Gasteiger partial charge in [-0.3, -0.25) is 9.89 Å². The number of hydrogen-bond acceptors (Lipinski definition) is 4. The molecule has 0 amide bonds. The highest BCUT2D eigenvalue weighted by atomic mass is 16.5. The van der Waals surface area contributed by atoms with Gasteiger partial charge in [0.2, 0.25) is 0 Å². The standard InChI is InChI=1S/C20H32N4O2/c1-3-21-20(24-13-9-17(15-24)23-11-4-5-12-23)22-10-8-16-6-7-18(26-2)14-19(16)25/h6-7,14,17,25H,3-5,8-13,15H2,1-2H3,(H,21,22). The number of aliphatic imine (C=N–C) groups is 1. The first kappa shape index (κ1) is 18.8. The molecule has 1 atom stereocenters. The number of ether oxygens (including phenoxy) is 1. The first-order chi connectivity index (χ1) is 12.7. The van der Waals surface area contributed by atoms with E-state index in [2.05, 4.69) is 22.0 Å². The maximum absolute atomic E-state index is 10.1. The van der Waals surface area contributed by atoms with E-state index < -0.39 is 0 Å². The molecule has 26 heavy (non-hydrogen) atoms. The fraction of sp³-hybridized carbons (Fsp3) is 0.650. The minimum atomic E-state index is 0.278. The van der Waals surface area contributed by atoms with Crippen molar-refractivity contribution in [1.82, 2.24) is 15.1 Å². The predicted molar refractivity (Wildman–Crippen MR) is 105 cm³/mol. The molecule has 0 radical (unpaired) electrons. The number of hydrogen-bond donors (Lipinski definition) is 2. The average molecular weight is 361 g/mol. The summed E-state index contributed by atoms with van der Waals surface area (Å²) in [5.74, 6) is 1.95. The van der Waals surface area contributed by atoms with E-state index in [1.165, 1.54) is 32.4 Å². The van der Waals surface area contributed by atoms with Crippen LogP contribution in [0.3, 0.4) is 0 Å². The number of nitrogens with zero attached hydrogens (tertiary/aromatic N) is 3. The van der Waals surface area contributed by atoms with Crippen LogP contribution >= 0.6 is 0 Å². The Morgan fingerprint density at radius 2 is 2.12 bits per heavy atom. The van der Waals surface area contributed by atoms with Crippen molar-refractivity contribution in [3.8, 4) is 11.5 Å². The number of guanidine groups is 1. The van der Waals surface area contributed by atoms with Crippen LogP contribution in [-0.4, -0.2) is 73.3 Å². The van der Waals surface area contributed by atoms with Gasteiger partial charge in [0.1, 0.15) is 11.5 Å². The van der Waals surface area contributed by atoms with E-state index in [-0.39, 0.29) is 5.75 Å². The number of rotatable bonds is 6. The first-order valence-electron chi connectivity index (χ1n) is 9.84. The molecule has 144 valence electrons. The normalized spacial score (nSPS) is 21.4. The molecule has 6 nitrogen and oxygen atoms in total. The van der Waals surface area contributed by atoms with Gasteiger partial charge in [0.25, 0.3) is 0 Å². The quantitative estimate of drug-likeness (QED) is 0.601. The van der Waals surface area contributed by atoms with E-state index in [0.29, 0.717) is 24.8 Å². The number of nitrogens with one attached hydrogen (secondary N) is 1. The Kier molecular flexibility index (Phi) is 6.61. The van der Waals surface area contributed by atoms with Crippen LogP contribution in [0, 0.1) is 0 Å². The largest absolute Gasteiger partial charge is 0.508 e. The van der Waals surface area contributed by atoms with Gasteiger partial charge in [-0.05, 0) is 57.3 Å². The smallest absolute Gasteiger partial charge is 0.193 e. The number of likely N-dealkylation sites (tertiary alicyclic amines) is 2. The van der Waals surface area contributed by atoms with E-state index in [4.69, 9.17) is 9.73 Å². The summed E-state index contributed by atoms with van der Waals surface area (Å²) in [6.07, 6.45) is 4.63. The molecular formula is C20H32N4O2. The highest BCUT2D eigenvalue weighted by Gasteiger charge is 2.30. The van der Waals surface area contributed by atoms with Crippen molar-refractivity contribution < 1.29 is 9.84 Å². The lowest BCUT2D eigenvalue weighted by Gasteiger charge is -2.25. The number of aromatic hydroxyl groups is 1. The molecule has 6 heteroatoms. The Morgan fingerprint density at radius 3 is 2.81 bits per heavy atom. The van der Waals surface area contributed by atoms with Crippen molar-refractivity contribution >= 4 is 5.96 Å². The fourth-order valence-corrected chi connectivity index (χ4v) is 3.93. The Morgan fingerprint density at radius 1 is 1.31 bits per heavy atom. The number of benzene rings is 1. The summed E-state index contributed by atoms with van der Waals surface area (Å²) in [5.41, 5.74) is 0.904. The summed E-state index contributed by atoms with van der Waals surface area (Å²) < 4.78 is 5.14. The van der Waals surface area contributed by atoms with E-state index in [1.54, 1.807) is 13.2 Å². The van der Waals surface area contributed by atoms with E-state index in [9.17, 15) is 5.11 Å². The lowest BCUT2D eigenvalue weighted by molar-refractivity contribution is 0.249. The van der Waals surface area contributed by atoms with E-state index >= 15 is 0 Å². The SMILES string of the molecule is CCNC(=NCCc1ccc(OC)cc1O)N1CCC(N2CCCC2)C1. The van der Waals surface area contributed by atoms with Gasteiger partial charge in [-0.25, -0.2) is 0 Å². The Bertz CT molecular complexity index is 614. The van der Waals surface area contributed by atoms with Crippen molar-refractivity contribution in [2.75, 3.05) is 46.4 Å². The van der Waals surface area contributed by atoms with Gasteiger partial charge in [0, 0.05) is 38.3 Å². The van der Waals surface area contributed by atoms with Crippen LogP contribution in [0.5, 0.6) is 11.5 Å². The van der Waals surface area contributed by atoms with Gasteiger partial charge >= 0.3 is 0 Å². The van der Waals surface area contributed by atoms with Crippen LogP contribution in [0.25, 0.3) is 0 Å². The number of phenols is 1. The van der Waals surface area contributed by atoms with Gasteiger partial charge in [0.05, 0.1) is 7.11 Å². The molecule has 1 aromatic rings. The molecule has 2 heterocycles. The molecule has 1 aromatic carbocycles. The molecule has 0 aliphatic carbocycles. The van der Waals surface area contributed by atoms with Crippen LogP contribution in [0.2, 0.25) is 0 Å². The second-order valence-electron chi connectivity index (χ2n) is 7.11. The summed E-state index contributed by atoms with van der Waals surface area (Å²) in [7, 11) is 1.60. The second-order valence-corrected chi connectivity index (χ2v) is 7.11. The van der Waals surface area contributed by atoms with Crippen LogP contribution in [0.4, 0.5) is 0 Å². The first-order valence-corrected chi connectivity index (χ1v) is 9.84. The molecule has 0 bridgehead atoms. The molecule has 0 spiro atoms. The molecule has 2 fully saturated rings. The average Bonchev–Trinajstić information content (AvgIpc) is 3.33. The Hall–Kier alpha value is -1.95. The fourth-order valence-electron chi connectivity index (χ4n) is 3.93. The monoisotopic (exact) mass is 360 g/mol. The zero-order valence-electron chi connectivity index (χ0n) is 16.1. The molecule has 2 saturated heterocycles. The van der Waals surface area contributed by atoms with E-state index in [1.807, 2.05) is 12.1 Å². The molecule has 2 N–H and O–H groups in total. The van der Waals surface area contributed by atoms with Crippen molar-refractivity contribution in [3.05, 3.63) is 23.8 Å². The van der Waals surface area contributed by atoms with Crippen LogP contribution in [0.15, 0.2) is 23.2 Å². The summed E-state index contributed by atoms with van der Waals surface area (Å²) in [6.45, 7) is 8.29. The summed E-state index contributed by atoms with van der Waals surface area (Å²) >= 11 is 0. The topological polar surface area (TPSA) is 60.3 Å². The molecule has 3 rings (SSSR count).